The molecule has 1 aromatic carbocycles. The molecule has 0 unspecified atom stereocenters. The number of rotatable bonds is 8. The average Bonchev–Trinajstić information content (AvgIpc) is 3.74. The zero-order chi connectivity index (χ0) is 29.1. The van der Waals surface area contributed by atoms with Gasteiger partial charge in [0.2, 0.25) is 11.9 Å². The van der Waals surface area contributed by atoms with Crippen molar-refractivity contribution in [3.8, 4) is 10.6 Å². The van der Waals surface area contributed by atoms with Gasteiger partial charge in [-0.1, -0.05) is 12.6 Å². The number of benzene rings is 1. The van der Waals surface area contributed by atoms with Gasteiger partial charge in [-0.25, -0.2) is 9.97 Å². The lowest BCUT2D eigenvalue weighted by Crippen LogP contribution is -2.34. The van der Waals surface area contributed by atoms with Crippen LogP contribution in [0.2, 0.25) is 0 Å². The van der Waals surface area contributed by atoms with Crippen molar-refractivity contribution in [3.05, 3.63) is 66.0 Å². The van der Waals surface area contributed by atoms with E-state index in [1.807, 2.05) is 11.0 Å². The van der Waals surface area contributed by atoms with Crippen LogP contribution in [0.4, 0.5) is 5.95 Å². The molecule has 1 saturated heterocycles. The minimum Gasteiger partial charge on any atom is -0.443 e. The second kappa shape index (κ2) is 12.6. The third-order valence-corrected chi connectivity index (χ3v) is 9.42. The van der Waals surface area contributed by atoms with Gasteiger partial charge in [-0.05, 0) is 80.9 Å². The molecule has 10 nitrogen and oxygen atoms in total. The lowest BCUT2D eigenvalue weighted by Gasteiger charge is -2.26. The molecule has 1 saturated carbocycles. The number of nitrogens with zero attached hydrogens (tertiary/aromatic N) is 4. The number of oxazole rings is 1. The Kier molecular flexibility index (Phi) is 8.50. The third-order valence-electron chi connectivity index (χ3n) is 8.32. The Morgan fingerprint density at radius 1 is 1.12 bits per heavy atom. The van der Waals surface area contributed by atoms with Gasteiger partial charge < -0.3 is 24.3 Å². The third kappa shape index (κ3) is 6.18. The van der Waals surface area contributed by atoms with Gasteiger partial charge in [0.05, 0.1) is 33.1 Å². The molecule has 0 spiro atoms. The number of nitrogens with one attached hydrogen (secondary N) is 2. The normalized spacial score (nSPS) is 21.3. The Balaban J connectivity index is 1.26. The van der Waals surface area contributed by atoms with Crippen molar-refractivity contribution in [2.45, 2.75) is 69.7 Å². The van der Waals surface area contributed by atoms with Crippen molar-refractivity contribution in [1.29, 1.82) is 0 Å². The first kappa shape index (κ1) is 28.3. The number of hydrogen-bond acceptors (Lipinski definition) is 8. The monoisotopic (exact) mass is 588 g/mol. The molecule has 1 aliphatic heterocycles. The molecule has 6 rings (SSSR count). The van der Waals surface area contributed by atoms with E-state index in [4.69, 9.17) is 9.40 Å². The van der Waals surface area contributed by atoms with E-state index in [1.165, 1.54) is 23.8 Å². The van der Waals surface area contributed by atoms with Gasteiger partial charge in [0, 0.05) is 31.7 Å². The summed E-state index contributed by atoms with van der Waals surface area (Å²) in [6.07, 6.45) is 10.3. The number of aliphatic hydroxyl groups is 1. The summed E-state index contributed by atoms with van der Waals surface area (Å²) in [5, 5.41) is 16.5. The van der Waals surface area contributed by atoms with E-state index in [2.05, 4.69) is 45.0 Å². The largest absolute Gasteiger partial charge is 0.443 e. The van der Waals surface area contributed by atoms with Crippen molar-refractivity contribution in [2.75, 3.05) is 18.4 Å². The second-order valence-corrected chi connectivity index (χ2v) is 12.2. The van der Waals surface area contributed by atoms with Crippen LogP contribution in [0.15, 0.2) is 60.0 Å². The number of imidazole rings is 1. The lowest BCUT2D eigenvalue weighted by atomic mass is 9.93. The summed E-state index contributed by atoms with van der Waals surface area (Å²) in [5.41, 5.74) is 2.90. The van der Waals surface area contributed by atoms with Crippen LogP contribution in [-0.4, -0.2) is 61.6 Å². The maximum atomic E-state index is 13.4. The molecule has 0 bridgehead atoms. The number of aliphatic hydroxyl groups excluding tert-OH is 1. The number of anilines is 1. The predicted octanol–water partition coefficient (Wildman–Crippen LogP) is 5.14. The van der Waals surface area contributed by atoms with Crippen LogP contribution in [0.1, 0.15) is 66.2 Å². The van der Waals surface area contributed by atoms with Crippen molar-refractivity contribution in [3.63, 3.8) is 0 Å². The molecule has 3 aromatic heterocycles. The number of carbonyl (C=O) groups excluding carboxylic acids is 2. The number of aromatic nitrogens is 3. The molecular weight excluding hydrogens is 552 g/mol. The van der Waals surface area contributed by atoms with E-state index in [1.54, 1.807) is 12.3 Å². The van der Waals surface area contributed by atoms with Gasteiger partial charge in [0.15, 0.2) is 12.2 Å². The Morgan fingerprint density at radius 3 is 2.76 bits per heavy atom. The van der Waals surface area contributed by atoms with Gasteiger partial charge in [-0.15, -0.1) is 11.3 Å². The Morgan fingerprint density at radius 2 is 1.98 bits per heavy atom. The van der Waals surface area contributed by atoms with Crippen LogP contribution < -0.4 is 10.6 Å². The van der Waals surface area contributed by atoms with Crippen LogP contribution in [-0.2, 0) is 11.3 Å². The molecule has 2 amide bonds. The maximum absolute atomic E-state index is 13.4. The van der Waals surface area contributed by atoms with Crippen LogP contribution in [0.3, 0.4) is 0 Å². The molecule has 3 N–H and O–H groups in total. The highest BCUT2D eigenvalue weighted by Crippen LogP contribution is 2.33. The molecule has 1 aliphatic carbocycles. The molecule has 4 aromatic rings. The standard InChI is InChI=1S/C31H36N6O4S/c1-2-29(39)36-14-3-4-22(13-15-36)37-25-10-5-20(17-33-21-6-8-23(38)9-7-21)16-24(25)34-31(37)35-30(40)28-12-11-27(42-28)26-18-32-19-41-26/h2,5,10-12,16,18-19,21-23,33,38H,1,3-4,6-9,13-15,17H2,(H,34,35,40)/t21?,22-,23?/m1/s1. The maximum Gasteiger partial charge on any atom is 0.268 e. The van der Waals surface area contributed by atoms with Crippen LogP contribution in [0.25, 0.3) is 21.7 Å². The molecule has 2 fully saturated rings. The molecule has 1 atom stereocenters. The van der Waals surface area contributed by atoms with E-state index in [0.29, 0.717) is 42.3 Å². The zero-order valence-electron chi connectivity index (χ0n) is 23.5. The SMILES string of the molecule is C=CC(=O)N1CCC[C@@H](n2c(NC(=O)c3ccc(-c4cnco4)s3)nc3cc(CNC4CCC(O)CC4)ccc32)CC1. The Hall–Kier alpha value is -3.80. The lowest BCUT2D eigenvalue weighted by molar-refractivity contribution is -0.125. The molecule has 220 valence electrons. The average molecular weight is 589 g/mol. The first-order valence-electron chi connectivity index (χ1n) is 14.6. The highest BCUT2D eigenvalue weighted by Gasteiger charge is 2.26. The summed E-state index contributed by atoms with van der Waals surface area (Å²) < 4.78 is 7.53. The Bertz CT molecular complexity index is 1550. The quantitative estimate of drug-likeness (QED) is 0.244. The number of likely N-dealkylation sites (tertiary alicyclic amines) is 1. The van der Waals surface area contributed by atoms with Gasteiger partial charge >= 0.3 is 0 Å². The van der Waals surface area contributed by atoms with E-state index < -0.39 is 0 Å². The number of thiophene rings is 1. The number of amides is 2. The number of carbonyl (C=O) groups is 2. The van der Waals surface area contributed by atoms with Gasteiger partial charge in [-0.2, -0.15) is 0 Å². The fourth-order valence-electron chi connectivity index (χ4n) is 6.03. The smallest absolute Gasteiger partial charge is 0.268 e. The second-order valence-electron chi connectivity index (χ2n) is 11.1. The van der Waals surface area contributed by atoms with E-state index in [-0.39, 0.29) is 24.0 Å². The number of hydrogen-bond donors (Lipinski definition) is 3. The summed E-state index contributed by atoms with van der Waals surface area (Å²) in [5.74, 6) is 0.837. The molecule has 11 heteroatoms. The molecule has 2 aliphatic rings. The van der Waals surface area contributed by atoms with E-state index >= 15 is 0 Å². The zero-order valence-corrected chi connectivity index (χ0v) is 24.3. The summed E-state index contributed by atoms with van der Waals surface area (Å²) in [7, 11) is 0. The van der Waals surface area contributed by atoms with Crippen molar-refractivity contribution in [1.82, 2.24) is 24.8 Å². The predicted molar refractivity (Wildman–Crippen MR) is 162 cm³/mol. The van der Waals surface area contributed by atoms with Crippen molar-refractivity contribution < 1.29 is 19.1 Å². The van der Waals surface area contributed by atoms with E-state index in [0.717, 1.165) is 66.4 Å². The highest BCUT2D eigenvalue weighted by atomic mass is 32.1. The first-order chi connectivity index (χ1) is 20.5. The fourth-order valence-corrected chi connectivity index (χ4v) is 6.89. The highest BCUT2D eigenvalue weighted by molar-refractivity contribution is 7.17. The van der Waals surface area contributed by atoms with Gasteiger partial charge in [-0.3, -0.25) is 14.9 Å². The molecule has 0 radical (unpaired) electrons. The minimum absolute atomic E-state index is 0.0514. The van der Waals surface area contributed by atoms with E-state index in [9.17, 15) is 14.7 Å². The summed E-state index contributed by atoms with van der Waals surface area (Å²) >= 11 is 1.34. The molecular formula is C31H36N6O4S. The molecule has 42 heavy (non-hydrogen) atoms. The molecule has 4 heterocycles. The van der Waals surface area contributed by atoms with Crippen molar-refractivity contribution in [2.24, 2.45) is 0 Å². The summed E-state index contributed by atoms with van der Waals surface area (Å²) in [4.78, 5) is 37.9. The van der Waals surface area contributed by atoms with Gasteiger partial charge in [0.25, 0.3) is 5.91 Å². The number of fused-ring (bicyclic) bond motifs is 1. The van der Waals surface area contributed by atoms with Gasteiger partial charge in [0.1, 0.15) is 0 Å². The first-order valence-corrected chi connectivity index (χ1v) is 15.4. The van der Waals surface area contributed by atoms with Crippen LogP contribution >= 0.6 is 11.3 Å². The van der Waals surface area contributed by atoms with Crippen LogP contribution in [0, 0.1) is 0 Å². The summed E-state index contributed by atoms with van der Waals surface area (Å²) in [6.45, 7) is 5.66. The summed E-state index contributed by atoms with van der Waals surface area (Å²) in [6, 6.07) is 10.4. The Labute approximate surface area is 248 Å². The minimum atomic E-state index is -0.235. The van der Waals surface area contributed by atoms with Crippen molar-refractivity contribution >= 4 is 40.1 Å². The fraction of sp³-hybridized carbons (Fsp3) is 0.419. The topological polar surface area (TPSA) is 126 Å². The van der Waals surface area contributed by atoms with Crippen LogP contribution in [0.5, 0.6) is 0 Å².